The molecule has 0 bridgehead atoms. The molecule has 1 atom stereocenters. The molecule has 0 amide bonds. The van der Waals surface area contributed by atoms with E-state index >= 15 is 0 Å². The highest BCUT2D eigenvalue weighted by atomic mass is 79.9. The van der Waals surface area contributed by atoms with Gasteiger partial charge in [0.25, 0.3) is 0 Å². The topological polar surface area (TPSA) is 15.3 Å². The Morgan fingerprint density at radius 2 is 2.36 bits per heavy atom. The zero-order valence-corrected chi connectivity index (χ0v) is 10.1. The molecule has 3 heteroatoms. The maximum atomic E-state index is 3.58. The molecule has 0 aliphatic carbocycles. The Morgan fingerprint density at radius 3 is 3.07 bits per heavy atom. The number of likely N-dealkylation sites (N-methyl/N-ethyl adjacent to an activating group) is 1. The second kappa shape index (κ2) is 3.81. The second-order valence-corrected chi connectivity index (χ2v) is 4.62. The lowest BCUT2D eigenvalue weighted by Crippen LogP contribution is -2.39. The molecular weight excluding hydrogens is 240 g/mol. The lowest BCUT2D eigenvalue weighted by atomic mass is 10.1. The molecule has 1 aliphatic rings. The summed E-state index contributed by atoms with van der Waals surface area (Å²) in [5.41, 5.74) is 2.51. The van der Waals surface area contributed by atoms with Crippen molar-refractivity contribution in [2.24, 2.45) is 0 Å². The van der Waals surface area contributed by atoms with Crippen molar-refractivity contribution in [1.82, 2.24) is 0 Å². The summed E-state index contributed by atoms with van der Waals surface area (Å²) in [6, 6.07) is 6.87. The molecule has 76 valence electrons. The van der Waals surface area contributed by atoms with Crippen LogP contribution in [0.15, 0.2) is 22.7 Å². The predicted molar refractivity (Wildman–Crippen MR) is 65.1 cm³/mol. The molecule has 0 fully saturated rings. The van der Waals surface area contributed by atoms with Crippen LogP contribution in [0.25, 0.3) is 0 Å². The molecule has 1 N–H and O–H groups in total. The molecule has 2 rings (SSSR count). The highest BCUT2D eigenvalue weighted by Gasteiger charge is 2.21. The van der Waals surface area contributed by atoms with Crippen molar-refractivity contribution < 1.29 is 0 Å². The fourth-order valence-corrected chi connectivity index (χ4v) is 2.61. The van der Waals surface area contributed by atoms with Crippen LogP contribution >= 0.6 is 15.9 Å². The Hall–Kier alpha value is -0.700. The van der Waals surface area contributed by atoms with E-state index in [1.165, 1.54) is 15.8 Å². The van der Waals surface area contributed by atoms with Crippen LogP contribution in [0.2, 0.25) is 0 Å². The second-order valence-electron chi connectivity index (χ2n) is 3.77. The normalized spacial score (nSPS) is 20.2. The number of hydrogen-bond donors (Lipinski definition) is 1. The number of nitrogens with zero attached hydrogens (tertiary/aromatic N) is 1. The third-order valence-corrected chi connectivity index (χ3v) is 3.36. The van der Waals surface area contributed by atoms with Crippen molar-refractivity contribution in [3.63, 3.8) is 0 Å². The summed E-state index contributed by atoms with van der Waals surface area (Å²) in [5, 5.41) is 3.55. The van der Waals surface area contributed by atoms with E-state index in [1.807, 2.05) is 0 Å². The summed E-state index contributed by atoms with van der Waals surface area (Å²) in [6.45, 7) is 3.29. The predicted octanol–water partition coefficient (Wildman–Crippen LogP) is 3.09. The van der Waals surface area contributed by atoms with Gasteiger partial charge in [0, 0.05) is 24.1 Å². The van der Waals surface area contributed by atoms with Crippen LogP contribution in [0.5, 0.6) is 0 Å². The highest BCUT2D eigenvalue weighted by Crippen LogP contribution is 2.36. The first-order chi connectivity index (χ1) is 6.72. The molecule has 1 aromatic rings. The summed E-state index contributed by atoms with van der Waals surface area (Å²) in [6.07, 6.45) is 1.16. The quantitative estimate of drug-likeness (QED) is 0.829. The van der Waals surface area contributed by atoms with Crippen molar-refractivity contribution in [3.8, 4) is 0 Å². The van der Waals surface area contributed by atoms with Crippen molar-refractivity contribution >= 4 is 27.3 Å². The van der Waals surface area contributed by atoms with E-state index in [4.69, 9.17) is 0 Å². The van der Waals surface area contributed by atoms with Gasteiger partial charge >= 0.3 is 0 Å². The minimum Gasteiger partial charge on any atom is -0.379 e. The standard InChI is InChI=1S/C11H15BrN2/c1-3-8-7-14(2)11-9(12)5-4-6-10(11)13-8/h4-6,8,13H,3,7H2,1-2H3. The van der Waals surface area contributed by atoms with E-state index in [2.05, 4.69) is 58.3 Å². The van der Waals surface area contributed by atoms with Crippen LogP contribution in [0.1, 0.15) is 13.3 Å². The van der Waals surface area contributed by atoms with Crippen molar-refractivity contribution in [1.29, 1.82) is 0 Å². The zero-order chi connectivity index (χ0) is 10.1. The minimum atomic E-state index is 0.571. The van der Waals surface area contributed by atoms with Gasteiger partial charge in [-0.15, -0.1) is 0 Å². The minimum absolute atomic E-state index is 0.571. The van der Waals surface area contributed by atoms with E-state index < -0.39 is 0 Å². The molecule has 1 aliphatic heterocycles. The van der Waals surface area contributed by atoms with Gasteiger partial charge < -0.3 is 10.2 Å². The maximum Gasteiger partial charge on any atom is 0.0744 e. The van der Waals surface area contributed by atoms with Crippen molar-refractivity contribution in [3.05, 3.63) is 22.7 Å². The van der Waals surface area contributed by atoms with Gasteiger partial charge in [0.2, 0.25) is 0 Å². The summed E-state index contributed by atoms with van der Waals surface area (Å²) in [7, 11) is 2.15. The molecule has 0 saturated carbocycles. The van der Waals surface area contributed by atoms with Crippen LogP contribution in [-0.2, 0) is 0 Å². The van der Waals surface area contributed by atoms with Crippen LogP contribution in [0.3, 0.4) is 0 Å². The van der Waals surface area contributed by atoms with Gasteiger partial charge in [0.05, 0.1) is 11.4 Å². The van der Waals surface area contributed by atoms with Gasteiger partial charge in [-0.2, -0.15) is 0 Å². The van der Waals surface area contributed by atoms with E-state index in [9.17, 15) is 0 Å². The lowest BCUT2D eigenvalue weighted by Gasteiger charge is -2.35. The molecule has 1 aromatic carbocycles. The third-order valence-electron chi connectivity index (χ3n) is 2.72. The van der Waals surface area contributed by atoms with Crippen LogP contribution in [0.4, 0.5) is 11.4 Å². The fourth-order valence-electron chi connectivity index (χ4n) is 1.94. The first kappa shape index (κ1) is 9.84. The molecule has 1 unspecified atom stereocenters. The summed E-state index contributed by atoms with van der Waals surface area (Å²) in [4.78, 5) is 2.31. The summed E-state index contributed by atoms with van der Waals surface area (Å²) >= 11 is 3.58. The monoisotopic (exact) mass is 254 g/mol. The smallest absolute Gasteiger partial charge is 0.0744 e. The Labute approximate surface area is 93.4 Å². The molecular formula is C11H15BrN2. The molecule has 0 radical (unpaired) electrons. The van der Waals surface area contributed by atoms with Gasteiger partial charge in [0.1, 0.15) is 0 Å². The number of hydrogen-bond acceptors (Lipinski definition) is 2. The number of para-hydroxylation sites is 1. The van der Waals surface area contributed by atoms with Gasteiger partial charge in [-0.25, -0.2) is 0 Å². The van der Waals surface area contributed by atoms with Crippen molar-refractivity contribution in [2.45, 2.75) is 19.4 Å². The number of benzene rings is 1. The van der Waals surface area contributed by atoms with E-state index in [1.54, 1.807) is 0 Å². The van der Waals surface area contributed by atoms with E-state index in [-0.39, 0.29) is 0 Å². The first-order valence-electron chi connectivity index (χ1n) is 4.98. The average Bonchev–Trinajstić information content (AvgIpc) is 2.17. The number of halogens is 1. The molecule has 0 saturated heterocycles. The Morgan fingerprint density at radius 1 is 1.57 bits per heavy atom. The Balaban J connectivity index is 2.39. The molecule has 2 nitrogen and oxygen atoms in total. The van der Waals surface area contributed by atoms with Crippen LogP contribution in [0, 0.1) is 0 Å². The summed E-state index contributed by atoms with van der Waals surface area (Å²) < 4.78 is 1.17. The summed E-state index contributed by atoms with van der Waals surface area (Å²) in [5.74, 6) is 0. The fraction of sp³-hybridized carbons (Fsp3) is 0.455. The zero-order valence-electron chi connectivity index (χ0n) is 8.55. The first-order valence-corrected chi connectivity index (χ1v) is 5.78. The lowest BCUT2D eigenvalue weighted by molar-refractivity contribution is 0.661. The largest absolute Gasteiger partial charge is 0.379 e. The van der Waals surface area contributed by atoms with E-state index in [0.29, 0.717) is 6.04 Å². The average molecular weight is 255 g/mol. The van der Waals surface area contributed by atoms with Crippen LogP contribution in [-0.4, -0.2) is 19.6 Å². The molecule has 14 heavy (non-hydrogen) atoms. The van der Waals surface area contributed by atoms with Gasteiger partial charge in [-0.3, -0.25) is 0 Å². The molecule has 1 heterocycles. The number of anilines is 2. The Bertz CT molecular complexity index is 338. The number of rotatable bonds is 1. The maximum absolute atomic E-state index is 3.58. The van der Waals surface area contributed by atoms with E-state index in [0.717, 1.165) is 13.0 Å². The highest BCUT2D eigenvalue weighted by molar-refractivity contribution is 9.10. The van der Waals surface area contributed by atoms with Gasteiger partial charge in [-0.1, -0.05) is 13.0 Å². The number of nitrogens with one attached hydrogen (secondary N) is 1. The molecule has 0 spiro atoms. The van der Waals surface area contributed by atoms with Gasteiger partial charge in [-0.05, 0) is 34.5 Å². The van der Waals surface area contributed by atoms with Crippen LogP contribution < -0.4 is 10.2 Å². The SMILES string of the molecule is CCC1CN(C)c2c(Br)cccc2N1. The van der Waals surface area contributed by atoms with Gasteiger partial charge in [0.15, 0.2) is 0 Å². The Kier molecular flexibility index (Phi) is 2.68. The molecule has 0 aromatic heterocycles. The third kappa shape index (κ3) is 1.61. The number of fused-ring (bicyclic) bond motifs is 1. The van der Waals surface area contributed by atoms with Crippen molar-refractivity contribution in [2.75, 3.05) is 23.8 Å².